The van der Waals surface area contributed by atoms with Gasteiger partial charge in [0.05, 0.1) is 0 Å². The van der Waals surface area contributed by atoms with Crippen molar-refractivity contribution in [1.29, 1.82) is 0 Å². The van der Waals surface area contributed by atoms with Crippen LogP contribution in [-0.4, -0.2) is 36.6 Å². The number of hydrogen-bond acceptors (Lipinski definition) is 4. The summed E-state index contributed by atoms with van der Waals surface area (Å²) in [6.45, 7) is 1.37. The number of rotatable bonds is 4. The van der Waals surface area contributed by atoms with Gasteiger partial charge in [-0.3, -0.25) is 9.59 Å². The van der Waals surface area contributed by atoms with Gasteiger partial charge in [0.1, 0.15) is 0 Å². The Kier molecular flexibility index (Phi) is 5.28. The Bertz CT molecular complexity index is 887. The molecule has 0 aliphatic carbocycles. The van der Waals surface area contributed by atoms with Gasteiger partial charge in [-0.1, -0.05) is 30.3 Å². The van der Waals surface area contributed by atoms with Crippen LogP contribution < -0.4 is 14.8 Å². The quantitative estimate of drug-likeness (QED) is 0.829. The van der Waals surface area contributed by atoms with Crippen molar-refractivity contribution >= 4 is 23.6 Å². The van der Waals surface area contributed by atoms with Crippen molar-refractivity contribution in [2.75, 3.05) is 25.2 Å². The van der Waals surface area contributed by atoms with Gasteiger partial charge in [-0.05, 0) is 36.6 Å². The molecule has 6 nitrogen and oxygen atoms in total. The fourth-order valence-electron chi connectivity index (χ4n) is 3.42. The third kappa shape index (κ3) is 4.17. The topological polar surface area (TPSA) is 67.9 Å². The number of carbonyl (C=O) groups excluding carboxylic acids is 2. The Hall–Kier alpha value is -3.28. The van der Waals surface area contributed by atoms with E-state index in [2.05, 4.69) is 5.32 Å². The molecule has 2 amide bonds. The first kappa shape index (κ1) is 18.1. The standard InChI is InChI=1S/C22H22N2O4/c25-21(9-6-16-4-2-1-3-5-16)24-12-10-17(11-13-24)22(26)23-18-7-8-19-20(14-18)28-15-27-19/h1-9,14,17H,10-13,15H2,(H,23,26). The minimum absolute atomic E-state index is 0.0153. The molecule has 1 fully saturated rings. The van der Waals surface area contributed by atoms with Gasteiger partial charge in [0, 0.05) is 36.8 Å². The van der Waals surface area contributed by atoms with E-state index < -0.39 is 0 Å². The smallest absolute Gasteiger partial charge is 0.246 e. The normalized spacial score (nSPS) is 16.4. The number of hydrogen-bond donors (Lipinski definition) is 1. The van der Waals surface area contributed by atoms with Gasteiger partial charge in [0.25, 0.3) is 0 Å². The maximum Gasteiger partial charge on any atom is 0.246 e. The van der Waals surface area contributed by atoms with Crippen molar-refractivity contribution in [2.24, 2.45) is 5.92 Å². The summed E-state index contributed by atoms with van der Waals surface area (Å²) in [5.74, 6) is 1.19. The predicted octanol–water partition coefficient (Wildman–Crippen LogP) is 3.31. The lowest BCUT2D eigenvalue weighted by Crippen LogP contribution is -2.40. The Morgan fingerprint density at radius 2 is 1.75 bits per heavy atom. The number of amides is 2. The fourth-order valence-corrected chi connectivity index (χ4v) is 3.42. The van der Waals surface area contributed by atoms with E-state index in [1.807, 2.05) is 36.4 Å². The van der Waals surface area contributed by atoms with Crippen molar-refractivity contribution in [1.82, 2.24) is 4.90 Å². The van der Waals surface area contributed by atoms with Crippen molar-refractivity contribution in [3.8, 4) is 11.5 Å². The fraction of sp³-hybridized carbons (Fsp3) is 0.273. The molecule has 0 bridgehead atoms. The third-order valence-electron chi connectivity index (χ3n) is 5.04. The molecule has 2 aliphatic rings. The highest BCUT2D eigenvalue weighted by atomic mass is 16.7. The highest BCUT2D eigenvalue weighted by molar-refractivity contribution is 5.94. The number of fused-ring (bicyclic) bond motifs is 1. The summed E-state index contributed by atoms with van der Waals surface area (Å²) in [7, 11) is 0. The molecule has 144 valence electrons. The molecule has 2 aromatic carbocycles. The molecule has 0 spiro atoms. The van der Waals surface area contributed by atoms with Gasteiger partial charge >= 0.3 is 0 Å². The number of likely N-dealkylation sites (tertiary alicyclic amines) is 1. The lowest BCUT2D eigenvalue weighted by molar-refractivity contribution is -0.130. The van der Waals surface area contributed by atoms with Gasteiger partial charge < -0.3 is 19.7 Å². The summed E-state index contributed by atoms with van der Waals surface area (Å²) < 4.78 is 10.6. The van der Waals surface area contributed by atoms with Crippen LogP contribution in [0.3, 0.4) is 0 Å². The number of piperidine rings is 1. The average molecular weight is 378 g/mol. The summed E-state index contributed by atoms with van der Waals surface area (Å²) in [5, 5.41) is 2.94. The number of benzene rings is 2. The Morgan fingerprint density at radius 1 is 1.00 bits per heavy atom. The molecular formula is C22H22N2O4. The van der Waals surface area contributed by atoms with Crippen LogP contribution in [0.5, 0.6) is 11.5 Å². The Balaban J connectivity index is 1.28. The van der Waals surface area contributed by atoms with Crippen LogP contribution in [0.25, 0.3) is 6.08 Å². The van der Waals surface area contributed by atoms with Crippen LogP contribution in [0.15, 0.2) is 54.6 Å². The molecule has 0 unspecified atom stereocenters. The number of anilines is 1. The summed E-state index contributed by atoms with van der Waals surface area (Å²) >= 11 is 0. The van der Waals surface area contributed by atoms with E-state index in [4.69, 9.17) is 9.47 Å². The summed E-state index contributed by atoms with van der Waals surface area (Å²) in [6.07, 6.45) is 4.73. The largest absolute Gasteiger partial charge is 0.454 e. The van der Waals surface area contributed by atoms with Crippen molar-refractivity contribution in [3.05, 3.63) is 60.2 Å². The van der Waals surface area contributed by atoms with Crippen LogP contribution in [0.2, 0.25) is 0 Å². The Morgan fingerprint density at radius 3 is 2.54 bits per heavy atom. The summed E-state index contributed by atoms with van der Waals surface area (Å²) in [6, 6.07) is 15.1. The zero-order valence-corrected chi connectivity index (χ0v) is 15.5. The molecule has 2 aliphatic heterocycles. The third-order valence-corrected chi connectivity index (χ3v) is 5.04. The van der Waals surface area contributed by atoms with E-state index in [1.54, 1.807) is 29.2 Å². The molecule has 1 saturated heterocycles. The van der Waals surface area contributed by atoms with E-state index in [1.165, 1.54) is 0 Å². The molecule has 0 aromatic heterocycles. The lowest BCUT2D eigenvalue weighted by atomic mass is 9.95. The van der Waals surface area contributed by atoms with E-state index in [9.17, 15) is 9.59 Å². The van der Waals surface area contributed by atoms with Gasteiger partial charge in [-0.2, -0.15) is 0 Å². The molecule has 0 saturated carbocycles. The van der Waals surface area contributed by atoms with Gasteiger partial charge in [-0.15, -0.1) is 0 Å². The van der Waals surface area contributed by atoms with Crippen LogP contribution in [0.1, 0.15) is 18.4 Å². The number of nitrogens with zero attached hydrogens (tertiary/aromatic N) is 1. The molecule has 0 atom stereocenters. The second-order valence-corrected chi connectivity index (χ2v) is 6.90. The van der Waals surface area contributed by atoms with Crippen LogP contribution in [0, 0.1) is 5.92 Å². The van der Waals surface area contributed by atoms with E-state index in [0.717, 1.165) is 5.56 Å². The number of ether oxygens (including phenoxy) is 2. The first-order chi connectivity index (χ1) is 13.7. The molecule has 6 heteroatoms. The summed E-state index contributed by atoms with van der Waals surface area (Å²) in [4.78, 5) is 26.7. The molecular weight excluding hydrogens is 356 g/mol. The monoisotopic (exact) mass is 378 g/mol. The Labute approximate surface area is 163 Å². The van der Waals surface area contributed by atoms with Gasteiger partial charge in [0.2, 0.25) is 18.6 Å². The highest BCUT2D eigenvalue weighted by Crippen LogP contribution is 2.34. The minimum Gasteiger partial charge on any atom is -0.454 e. The predicted molar refractivity (Wildman–Crippen MR) is 106 cm³/mol. The molecule has 28 heavy (non-hydrogen) atoms. The van der Waals surface area contributed by atoms with Gasteiger partial charge in [-0.25, -0.2) is 0 Å². The van der Waals surface area contributed by atoms with Crippen molar-refractivity contribution in [3.63, 3.8) is 0 Å². The molecule has 2 aromatic rings. The van der Waals surface area contributed by atoms with Crippen LogP contribution in [0.4, 0.5) is 5.69 Å². The second-order valence-electron chi connectivity index (χ2n) is 6.90. The van der Waals surface area contributed by atoms with Crippen LogP contribution >= 0.6 is 0 Å². The lowest BCUT2D eigenvalue weighted by Gasteiger charge is -2.30. The van der Waals surface area contributed by atoms with Crippen LogP contribution in [-0.2, 0) is 9.59 Å². The first-order valence-electron chi connectivity index (χ1n) is 9.41. The molecule has 2 heterocycles. The maximum atomic E-state index is 12.6. The molecule has 1 N–H and O–H groups in total. The maximum absolute atomic E-state index is 12.6. The zero-order valence-electron chi connectivity index (χ0n) is 15.5. The molecule has 0 radical (unpaired) electrons. The minimum atomic E-state index is -0.104. The van der Waals surface area contributed by atoms with Crippen molar-refractivity contribution < 1.29 is 19.1 Å². The van der Waals surface area contributed by atoms with E-state index in [-0.39, 0.29) is 24.5 Å². The number of nitrogens with one attached hydrogen (secondary N) is 1. The zero-order chi connectivity index (χ0) is 19.3. The van der Waals surface area contributed by atoms with E-state index in [0.29, 0.717) is 43.1 Å². The molecule has 4 rings (SSSR count). The first-order valence-corrected chi connectivity index (χ1v) is 9.41. The summed E-state index contributed by atoms with van der Waals surface area (Å²) in [5.41, 5.74) is 1.69. The average Bonchev–Trinajstić information content (AvgIpc) is 3.21. The number of carbonyl (C=O) groups is 2. The second kappa shape index (κ2) is 8.17. The van der Waals surface area contributed by atoms with Crippen molar-refractivity contribution in [2.45, 2.75) is 12.8 Å². The van der Waals surface area contributed by atoms with E-state index >= 15 is 0 Å². The highest BCUT2D eigenvalue weighted by Gasteiger charge is 2.27. The SMILES string of the molecule is O=C(Nc1ccc2c(c1)OCO2)C1CCN(C(=O)C=Cc2ccccc2)CC1. The van der Waals surface area contributed by atoms with Gasteiger partial charge in [0.15, 0.2) is 11.5 Å².